The van der Waals surface area contributed by atoms with Crippen LogP contribution in [0.25, 0.3) is 0 Å². The highest BCUT2D eigenvalue weighted by molar-refractivity contribution is 7.92. The summed E-state index contributed by atoms with van der Waals surface area (Å²) >= 11 is 12.3. The van der Waals surface area contributed by atoms with Gasteiger partial charge in [0.2, 0.25) is 28.6 Å². The summed E-state index contributed by atoms with van der Waals surface area (Å²) in [7, 11) is -3.87. The summed E-state index contributed by atoms with van der Waals surface area (Å²) in [6, 6.07) is 8.91. The van der Waals surface area contributed by atoms with Crippen LogP contribution in [0.15, 0.2) is 36.4 Å². The number of fused-ring (bicyclic) bond motifs is 1. The van der Waals surface area contributed by atoms with Gasteiger partial charge in [0.1, 0.15) is 12.6 Å². The molecule has 4 rings (SSSR count). The quantitative estimate of drug-likeness (QED) is 0.424. The number of nitrogens with one attached hydrogen (secondary N) is 1. The third-order valence-corrected chi connectivity index (χ3v) is 8.88. The summed E-state index contributed by atoms with van der Waals surface area (Å²) in [5.74, 6) is 0.0892. The van der Waals surface area contributed by atoms with Gasteiger partial charge in [-0.15, -0.1) is 0 Å². The van der Waals surface area contributed by atoms with E-state index in [2.05, 4.69) is 5.32 Å². The first kappa shape index (κ1) is 29.3. The highest BCUT2D eigenvalue weighted by atomic mass is 35.5. The van der Waals surface area contributed by atoms with E-state index in [9.17, 15) is 18.0 Å². The molecule has 2 aliphatic rings. The van der Waals surface area contributed by atoms with E-state index >= 15 is 0 Å². The van der Waals surface area contributed by atoms with E-state index in [0.29, 0.717) is 33.5 Å². The van der Waals surface area contributed by atoms with Crippen molar-refractivity contribution in [1.29, 1.82) is 0 Å². The molecule has 2 amide bonds. The van der Waals surface area contributed by atoms with E-state index in [1.54, 1.807) is 30.3 Å². The lowest BCUT2D eigenvalue weighted by atomic mass is 9.95. The predicted octanol–water partition coefficient (Wildman–Crippen LogP) is 4.74. The monoisotopic (exact) mass is 597 g/mol. The standard InChI is InChI=1S/C27H33Cl2N3O6S/c1-3-23(27(34)30-19-7-5-4-6-8-19)31(15-18-9-11-21(28)22(29)13-18)26(33)16-32(39(2,35)36)20-10-12-24-25(14-20)38-17-37-24/h9-14,19,23H,3-8,15-17H2,1-2H3,(H,30,34)/t23-/m0/s1. The first-order valence-corrected chi connectivity index (χ1v) is 15.6. The van der Waals surface area contributed by atoms with Crippen LogP contribution in [0.1, 0.15) is 51.0 Å². The van der Waals surface area contributed by atoms with Gasteiger partial charge in [-0.05, 0) is 49.1 Å². The van der Waals surface area contributed by atoms with Crippen molar-refractivity contribution < 1.29 is 27.5 Å². The molecule has 0 spiro atoms. The fourth-order valence-electron chi connectivity index (χ4n) is 4.95. The number of ether oxygens (including phenoxy) is 2. The van der Waals surface area contributed by atoms with Gasteiger partial charge in [-0.2, -0.15) is 0 Å². The van der Waals surface area contributed by atoms with E-state index in [1.807, 2.05) is 6.92 Å². The third-order valence-electron chi connectivity index (χ3n) is 7.00. The molecule has 0 radical (unpaired) electrons. The number of carbonyl (C=O) groups is 2. The topological polar surface area (TPSA) is 105 Å². The molecule has 0 bridgehead atoms. The van der Waals surface area contributed by atoms with Gasteiger partial charge in [0.05, 0.1) is 22.0 Å². The molecule has 0 unspecified atom stereocenters. The molecule has 1 saturated carbocycles. The van der Waals surface area contributed by atoms with Crippen molar-refractivity contribution in [2.24, 2.45) is 0 Å². The van der Waals surface area contributed by atoms with Gasteiger partial charge < -0.3 is 19.7 Å². The van der Waals surface area contributed by atoms with Crippen molar-refractivity contribution in [3.63, 3.8) is 0 Å². The van der Waals surface area contributed by atoms with E-state index in [-0.39, 0.29) is 31.0 Å². The molecule has 1 heterocycles. The molecule has 212 valence electrons. The summed E-state index contributed by atoms with van der Waals surface area (Å²) < 4.78 is 37.4. The lowest BCUT2D eigenvalue weighted by Crippen LogP contribution is -2.53. The number of benzene rings is 2. The second-order valence-electron chi connectivity index (χ2n) is 9.84. The molecule has 0 saturated heterocycles. The summed E-state index contributed by atoms with van der Waals surface area (Å²) in [6.45, 7) is 1.40. The summed E-state index contributed by atoms with van der Waals surface area (Å²) in [5.41, 5.74) is 0.917. The van der Waals surface area contributed by atoms with E-state index in [0.717, 1.165) is 42.7 Å². The van der Waals surface area contributed by atoms with Crippen LogP contribution in [-0.2, 0) is 26.2 Å². The molecule has 2 aromatic rings. The number of rotatable bonds is 10. The average molecular weight is 599 g/mol. The zero-order valence-electron chi connectivity index (χ0n) is 22.0. The van der Waals surface area contributed by atoms with Crippen LogP contribution < -0.4 is 19.1 Å². The smallest absolute Gasteiger partial charge is 0.244 e. The van der Waals surface area contributed by atoms with Crippen molar-refractivity contribution in [1.82, 2.24) is 10.2 Å². The molecule has 39 heavy (non-hydrogen) atoms. The molecule has 2 aromatic carbocycles. The Labute approximate surface area is 239 Å². The average Bonchev–Trinajstić information content (AvgIpc) is 3.37. The van der Waals surface area contributed by atoms with Gasteiger partial charge in [-0.25, -0.2) is 8.42 Å². The van der Waals surface area contributed by atoms with Crippen molar-refractivity contribution in [3.8, 4) is 11.5 Å². The first-order valence-electron chi connectivity index (χ1n) is 13.0. The Kier molecular flexibility index (Phi) is 9.51. The fourth-order valence-corrected chi connectivity index (χ4v) is 6.11. The molecule has 1 N–H and O–H groups in total. The maximum atomic E-state index is 13.9. The van der Waals surface area contributed by atoms with Crippen LogP contribution in [0.3, 0.4) is 0 Å². The summed E-state index contributed by atoms with van der Waals surface area (Å²) in [4.78, 5) is 28.8. The molecule has 1 aliphatic heterocycles. The van der Waals surface area contributed by atoms with Crippen LogP contribution in [0.4, 0.5) is 5.69 Å². The zero-order chi connectivity index (χ0) is 28.2. The minimum Gasteiger partial charge on any atom is -0.454 e. The molecule has 9 nitrogen and oxygen atoms in total. The predicted molar refractivity (Wildman–Crippen MR) is 151 cm³/mol. The Hall–Kier alpha value is -2.69. The highest BCUT2D eigenvalue weighted by Gasteiger charge is 2.33. The lowest BCUT2D eigenvalue weighted by molar-refractivity contribution is -0.140. The fraction of sp³-hybridized carbons (Fsp3) is 0.481. The van der Waals surface area contributed by atoms with Crippen LogP contribution in [-0.4, -0.2) is 56.8 Å². The number of halogens is 2. The van der Waals surface area contributed by atoms with E-state index in [4.69, 9.17) is 32.7 Å². The maximum Gasteiger partial charge on any atom is 0.244 e. The SMILES string of the molecule is CC[C@@H](C(=O)NC1CCCCC1)N(Cc1ccc(Cl)c(Cl)c1)C(=O)CN(c1ccc2c(c1)OCO2)S(C)(=O)=O. The van der Waals surface area contributed by atoms with E-state index in [1.165, 1.54) is 11.0 Å². The Bertz CT molecular complexity index is 1320. The minimum atomic E-state index is -3.87. The van der Waals surface area contributed by atoms with Crippen LogP contribution in [0, 0.1) is 0 Å². The molecule has 0 aromatic heterocycles. The van der Waals surface area contributed by atoms with Gasteiger partial charge in [0.15, 0.2) is 11.5 Å². The van der Waals surface area contributed by atoms with Gasteiger partial charge in [0.25, 0.3) is 0 Å². The first-order chi connectivity index (χ1) is 18.6. The van der Waals surface area contributed by atoms with Crippen LogP contribution in [0.5, 0.6) is 11.5 Å². The highest BCUT2D eigenvalue weighted by Crippen LogP contribution is 2.36. The van der Waals surface area contributed by atoms with Gasteiger partial charge in [0, 0.05) is 18.7 Å². The molecule has 1 aliphatic carbocycles. The van der Waals surface area contributed by atoms with Gasteiger partial charge in [-0.1, -0.05) is 55.5 Å². The number of amides is 2. The van der Waals surface area contributed by atoms with E-state index < -0.39 is 28.5 Å². The molecular formula is C27H33Cl2N3O6S. The zero-order valence-corrected chi connectivity index (χ0v) is 24.3. The number of anilines is 1. The largest absolute Gasteiger partial charge is 0.454 e. The maximum absolute atomic E-state index is 13.9. The number of hydrogen-bond acceptors (Lipinski definition) is 6. The molecular weight excluding hydrogens is 565 g/mol. The van der Waals surface area contributed by atoms with Crippen molar-refractivity contribution in [3.05, 3.63) is 52.0 Å². The Morgan fingerprint density at radius 3 is 2.41 bits per heavy atom. The van der Waals surface area contributed by atoms with Crippen molar-refractivity contribution >= 4 is 50.7 Å². The second kappa shape index (κ2) is 12.7. The number of nitrogens with zero attached hydrogens (tertiary/aromatic N) is 2. The Morgan fingerprint density at radius 1 is 1.03 bits per heavy atom. The van der Waals surface area contributed by atoms with Crippen molar-refractivity contribution in [2.45, 2.75) is 64.1 Å². The number of carbonyl (C=O) groups excluding carboxylic acids is 2. The number of sulfonamides is 1. The van der Waals surface area contributed by atoms with Crippen molar-refractivity contribution in [2.75, 3.05) is 23.9 Å². The molecule has 1 fully saturated rings. The summed E-state index contributed by atoms with van der Waals surface area (Å²) in [5, 5.41) is 3.80. The van der Waals surface area contributed by atoms with Crippen LogP contribution >= 0.6 is 23.2 Å². The number of hydrogen-bond donors (Lipinski definition) is 1. The molecule has 1 atom stereocenters. The minimum absolute atomic E-state index is 0.0301. The second-order valence-corrected chi connectivity index (χ2v) is 12.6. The Balaban J connectivity index is 1.63. The van der Waals surface area contributed by atoms with Crippen LogP contribution in [0.2, 0.25) is 10.0 Å². The Morgan fingerprint density at radius 2 is 1.74 bits per heavy atom. The lowest BCUT2D eigenvalue weighted by Gasteiger charge is -2.34. The third kappa shape index (κ3) is 7.29. The summed E-state index contributed by atoms with van der Waals surface area (Å²) in [6.07, 6.45) is 6.41. The van der Waals surface area contributed by atoms with Gasteiger partial charge in [-0.3, -0.25) is 13.9 Å². The normalized spacial score (nSPS) is 16.0. The van der Waals surface area contributed by atoms with Gasteiger partial charge >= 0.3 is 0 Å². The molecule has 12 heteroatoms.